The highest BCUT2D eigenvalue weighted by molar-refractivity contribution is 5.90. The molecule has 0 amide bonds. The molecule has 1 aliphatic heterocycles. The van der Waals surface area contributed by atoms with Crippen LogP contribution in [0.2, 0.25) is 0 Å². The molecule has 82 valence electrons. The molecule has 2 N–H and O–H groups in total. The van der Waals surface area contributed by atoms with E-state index in [9.17, 15) is 4.39 Å². The molecule has 0 unspecified atom stereocenters. The molecule has 1 aliphatic rings. The lowest BCUT2D eigenvalue weighted by Gasteiger charge is -2.12. The molecule has 0 fully saturated rings. The monoisotopic (exact) mass is 217 g/mol. The summed E-state index contributed by atoms with van der Waals surface area (Å²) < 4.78 is 13.2. The highest BCUT2D eigenvalue weighted by atomic mass is 19.1. The SMILES string of the molecule is Fc1ccc2[nH]nc(C3=CCCNC3)c2c1. The summed E-state index contributed by atoms with van der Waals surface area (Å²) in [5, 5.41) is 11.3. The standard InChI is InChI=1S/C12H12FN3/c13-9-3-4-11-10(6-9)12(16-15-11)8-2-1-5-14-7-8/h2-4,6,14H,1,5,7H2,(H,15,16). The van der Waals surface area contributed by atoms with Crippen LogP contribution in [0.1, 0.15) is 12.1 Å². The van der Waals surface area contributed by atoms with Crippen molar-refractivity contribution < 1.29 is 4.39 Å². The number of fused-ring (bicyclic) bond motifs is 1. The topological polar surface area (TPSA) is 40.7 Å². The number of hydrogen-bond donors (Lipinski definition) is 2. The summed E-state index contributed by atoms with van der Waals surface area (Å²) in [6.07, 6.45) is 3.16. The third-order valence-corrected chi connectivity index (χ3v) is 2.86. The summed E-state index contributed by atoms with van der Waals surface area (Å²) in [5.74, 6) is -0.223. The lowest BCUT2D eigenvalue weighted by atomic mass is 10.0. The van der Waals surface area contributed by atoms with Gasteiger partial charge in [0, 0.05) is 11.9 Å². The van der Waals surface area contributed by atoms with Gasteiger partial charge in [0.05, 0.1) is 11.2 Å². The van der Waals surface area contributed by atoms with Gasteiger partial charge in [-0.1, -0.05) is 6.08 Å². The molecule has 0 aliphatic carbocycles. The van der Waals surface area contributed by atoms with Gasteiger partial charge < -0.3 is 5.32 Å². The first-order valence-corrected chi connectivity index (χ1v) is 5.38. The third kappa shape index (κ3) is 1.51. The van der Waals surface area contributed by atoms with Crippen LogP contribution in [0.3, 0.4) is 0 Å². The largest absolute Gasteiger partial charge is 0.312 e. The summed E-state index contributed by atoms with van der Waals surface area (Å²) in [4.78, 5) is 0. The number of hydrogen-bond acceptors (Lipinski definition) is 2. The zero-order valence-corrected chi connectivity index (χ0v) is 8.76. The Morgan fingerprint density at radius 2 is 2.25 bits per heavy atom. The van der Waals surface area contributed by atoms with Crippen molar-refractivity contribution in [3.05, 3.63) is 35.8 Å². The van der Waals surface area contributed by atoms with Gasteiger partial charge >= 0.3 is 0 Å². The van der Waals surface area contributed by atoms with Crippen molar-refractivity contribution >= 4 is 16.5 Å². The fourth-order valence-corrected chi connectivity index (χ4v) is 2.06. The van der Waals surface area contributed by atoms with E-state index in [2.05, 4.69) is 21.6 Å². The average molecular weight is 217 g/mol. The van der Waals surface area contributed by atoms with E-state index in [4.69, 9.17) is 0 Å². The molecule has 3 rings (SSSR count). The van der Waals surface area contributed by atoms with Crippen molar-refractivity contribution in [1.29, 1.82) is 0 Å². The van der Waals surface area contributed by atoms with Gasteiger partial charge in [-0.2, -0.15) is 5.10 Å². The van der Waals surface area contributed by atoms with E-state index in [1.807, 2.05) is 0 Å². The Bertz CT molecular complexity index is 556. The molecule has 0 radical (unpaired) electrons. The van der Waals surface area contributed by atoms with Crippen molar-refractivity contribution in [1.82, 2.24) is 15.5 Å². The number of aromatic amines is 1. The summed E-state index contributed by atoms with van der Waals surface area (Å²) in [6.45, 7) is 1.80. The van der Waals surface area contributed by atoms with Crippen LogP contribution in [0.25, 0.3) is 16.5 Å². The van der Waals surface area contributed by atoms with Crippen LogP contribution in [0, 0.1) is 5.82 Å². The highest BCUT2D eigenvalue weighted by Gasteiger charge is 2.12. The van der Waals surface area contributed by atoms with Gasteiger partial charge in [0.25, 0.3) is 0 Å². The van der Waals surface area contributed by atoms with E-state index < -0.39 is 0 Å². The molecule has 2 heterocycles. The van der Waals surface area contributed by atoms with Gasteiger partial charge in [0.1, 0.15) is 5.82 Å². The van der Waals surface area contributed by atoms with Gasteiger partial charge in [-0.25, -0.2) is 4.39 Å². The summed E-state index contributed by atoms with van der Waals surface area (Å²) in [6, 6.07) is 4.69. The molecule has 4 heteroatoms. The maximum atomic E-state index is 13.2. The minimum Gasteiger partial charge on any atom is -0.312 e. The number of aromatic nitrogens is 2. The van der Waals surface area contributed by atoms with E-state index in [1.165, 1.54) is 12.1 Å². The van der Waals surface area contributed by atoms with Crippen LogP contribution in [0.15, 0.2) is 24.3 Å². The van der Waals surface area contributed by atoms with Gasteiger partial charge in [-0.3, -0.25) is 5.10 Å². The first-order chi connectivity index (χ1) is 7.84. The molecule has 2 aromatic rings. The van der Waals surface area contributed by atoms with Crippen LogP contribution in [-0.2, 0) is 0 Å². The molecular weight excluding hydrogens is 205 g/mol. The Balaban J connectivity index is 2.16. The summed E-state index contributed by atoms with van der Waals surface area (Å²) in [5.41, 5.74) is 2.88. The first-order valence-electron chi connectivity index (χ1n) is 5.38. The quantitative estimate of drug-likeness (QED) is 0.767. The smallest absolute Gasteiger partial charge is 0.124 e. The first kappa shape index (κ1) is 9.54. The fourth-order valence-electron chi connectivity index (χ4n) is 2.06. The number of nitrogens with zero attached hydrogens (tertiary/aromatic N) is 1. The molecule has 1 aromatic carbocycles. The second-order valence-corrected chi connectivity index (χ2v) is 3.96. The zero-order chi connectivity index (χ0) is 11.0. The van der Waals surface area contributed by atoms with Crippen LogP contribution < -0.4 is 5.32 Å². The predicted octanol–water partition coefficient (Wildman–Crippen LogP) is 2.08. The maximum Gasteiger partial charge on any atom is 0.124 e. The van der Waals surface area contributed by atoms with Gasteiger partial charge in [-0.05, 0) is 36.7 Å². The second kappa shape index (κ2) is 3.72. The number of benzene rings is 1. The van der Waals surface area contributed by atoms with Gasteiger partial charge in [-0.15, -0.1) is 0 Å². The van der Waals surface area contributed by atoms with Crippen molar-refractivity contribution in [2.75, 3.05) is 13.1 Å². The number of rotatable bonds is 1. The number of halogens is 1. The molecule has 0 saturated carbocycles. The Kier molecular flexibility index (Phi) is 2.22. The van der Waals surface area contributed by atoms with Crippen molar-refractivity contribution in [2.24, 2.45) is 0 Å². The van der Waals surface area contributed by atoms with Gasteiger partial charge in [0.2, 0.25) is 0 Å². The van der Waals surface area contributed by atoms with E-state index >= 15 is 0 Å². The third-order valence-electron chi connectivity index (χ3n) is 2.86. The van der Waals surface area contributed by atoms with E-state index in [0.29, 0.717) is 0 Å². The Hall–Kier alpha value is -1.68. The predicted molar refractivity (Wildman–Crippen MR) is 61.5 cm³/mol. The molecule has 0 bridgehead atoms. The molecular formula is C12H12FN3. The Morgan fingerprint density at radius 1 is 1.31 bits per heavy atom. The van der Waals surface area contributed by atoms with Gasteiger partial charge in [0.15, 0.2) is 0 Å². The van der Waals surface area contributed by atoms with Crippen LogP contribution in [0.4, 0.5) is 4.39 Å². The summed E-state index contributed by atoms with van der Waals surface area (Å²) >= 11 is 0. The lowest BCUT2D eigenvalue weighted by Crippen LogP contribution is -2.21. The van der Waals surface area contributed by atoms with Crippen LogP contribution >= 0.6 is 0 Å². The van der Waals surface area contributed by atoms with E-state index in [-0.39, 0.29) is 5.82 Å². The normalized spacial score (nSPS) is 16.4. The van der Waals surface area contributed by atoms with E-state index in [1.54, 1.807) is 6.07 Å². The molecule has 3 nitrogen and oxygen atoms in total. The molecule has 0 spiro atoms. The number of H-pyrrole nitrogens is 1. The minimum atomic E-state index is -0.223. The maximum absolute atomic E-state index is 13.2. The van der Waals surface area contributed by atoms with Crippen LogP contribution in [0.5, 0.6) is 0 Å². The van der Waals surface area contributed by atoms with Crippen molar-refractivity contribution in [3.63, 3.8) is 0 Å². The van der Waals surface area contributed by atoms with Crippen LogP contribution in [-0.4, -0.2) is 23.3 Å². The fraction of sp³-hybridized carbons (Fsp3) is 0.250. The minimum absolute atomic E-state index is 0.223. The van der Waals surface area contributed by atoms with Crippen molar-refractivity contribution in [2.45, 2.75) is 6.42 Å². The Labute approximate surface area is 92.4 Å². The number of nitrogens with one attached hydrogen (secondary N) is 2. The average Bonchev–Trinajstić information content (AvgIpc) is 2.73. The molecule has 0 saturated heterocycles. The Morgan fingerprint density at radius 3 is 3.06 bits per heavy atom. The molecule has 0 atom stereocenters. The lowest BCUT2D eigenvalue weighted by molar-refractivity contribution is 0.629. The summed E-state index contributed by atoms with van der Waals surface area (Å²) in [7, 11) is 0. The zero-order valence-electron chi connectivity index (χ0n) is 8.76. The molecule has 16 heavy (non-hydrogen) atoms. The van der Waals surface area contributed by atoms with Crippen molar-refractivity contribution in [3.8, 4) is 0 Å². The molecule has 1 aromatic heterocycles. The highest BCUT2D eigenvalue weighted by Crippen LogP contribution is 2.24. The second-order valence-electron chi connectivity index (χ2n) is 3.96. The van der Waals surface area contributed by atoms with E-state index in [0.717, 1.165) is 41.7 Å².